The molecule has 13 heteroatoms. The lowest BCUT2D eigenvalue weighted by atomic mass is 9.87. The standard InChI is InChI=1S/C29H51N5O8/c1-27(2,3)41-25(38)31-15-9-8-10-21(32-22(35)20(30)18-19-11-12-19)23(36)34-16-13-29(14-17-34,24(37)40-7)33-26(39)42-28(4,5)6/h19-21H,8-18,30H2,1-7H3,(H,31,38)(H,32,35)(H,33,39)/t20-,21-/m1/s1. The maximum atomic E-state index is 13.6. The molecular formula is C29H51N5O8. The number of ether oxygens (including phenoxy) is 3. The van der Waals surface area contributed by atoms with E-state index < -0.39 is 47.0 Å². The molecule has 4 amide bonds. The van der Waals surface area contributed by atoms with Gasteiger partial charge in [0.25, 0.3) is 0 Å². The van der Waals surface area contributed by atoms with E-state index >= 15 is 0 Å². The van der Waals surface area contributed by atoms with E-state index in [2.05, 4.69) is 16.0 Å². The van der Waals surface area contributed by atoms with E-state index in [0.29, 0.717) is 38.1 Å². The highest BCUT2D eigenvalue weighted by Crippen LogP contribution is 2.33. The number of rotatable bonds is 12. The first-order valence-corrected chi connectivity index (χ1v) is 14.9. The third kappa shape index (κ3) is 12.0. The predicted octanol–water partition coefficient (Wildman–Crippen LogP) is 2.35. The van der Waals surface area contributed by atoms with Gasteiger partial charge in [-0.3, -0.25) is 9.59 Å². The van der Waals surface area contributed by atoms with Gasteiger partial charge in [0.2, 0.25) is 11.8 Å². The van der Waals surface area contributed by atoms with Gasteiger partial charge in [0.15, 0.2) is 0 Å². The smallest absolute Gasteiger partial charge is 0.408 e. The van der Waals surface area contributed by atoms with E-state index in [1.54, 1.807) is 46.4 Å². The largest absolute Gasteiger partial charge is 0.467 e. The number of carbonyl (C=O) groups excluding carboxylic acids is 5. The number of alkyl carbamates (subject to hydrolysis) is 2. The minimum absolute atomic E-state index is 0.117. The van der Waals surface area contributed by atoms with Gasteiger partial charge in [-0.15, -0.1) is 0 Å². The number of carbonyl (C=O) groups is 5. The number of nitrogens with two attached hydrogens (primary N) is 1. The number of piperidine rings is 1. The molecule has 240 valence electrons. The van der Waals surface area contributed by atoms with Gasteiger partial charge >= 0.3 is 18.2 Å². The van der Waals surface area contributed by atoms with Crippen LogP contribution in [0, 0.1) is 5.92 Å². The van der Waals surface area contributed by atoms with Crippen molar-refractivity contribution >= 4 is 30.0 Å². The van der Waals surface area contributed by atoms with Crippen molar-refractivity contribution in [3.8, 4) is 0 Å². The Morgan fingerprint density at radius 2 is 1.50 bits per heavy atom. The van der Waals surface area contributed by atoms with Crippen LogP contribution >= 0.6 is 0 Å². The fourth-order valence-corrected chi connectivity index (χ4v) is 4.74. The van der Waals surface area contributed by atoms with Gasteiger partial charge in [0, 0.05) is 19.6 Å². The number of unbranched alkanes of at least 4 members (excludes halogenated alkanes) is 1. The van der Waals surface area contributed by atoms with Crippen LogP contribution in [-0.4, -0.2) is 90.4 Å². The number of hydrogen-bond acceptors (Lipinski definition) is 9. The third-order valence-corrected chi connectivity index (χ3v) is 7.07. The zero-order valence-electron chi connectivity index (χ0n) is 26.3. The number of esters is 1. The lowest BCUT2D eigenvalue weighted by molar-refractivity contribution is -0.153. The van der Waals surface area contributed by atoms with Crippen LogP contribution in [-0.2, 0) is 28.6 Å². The molecule has 0 bridgehead atoms. The van der Waals surface area contributed by atoms with Gasteiger partial charge in [-0.2, -0.15) is 0 Å². The summed E-state index contributed by atoms with van der Waals surface area (Å²) in [6, 6.07) is -1.53. The highest BCUT2D eigenvalue weighted by Gasteiger charge is 2.46. The molecule has 2 atom stereocenters. The summed E-state index contributed by atoms with van der Waals surface area (Å²) in [5.41, 5.74) is 3.42. The molecule has 1 aliphatic heterocycles. The summed E-state index contributed by atoms with van der Waals surface area (Å²) in [5, 5.41) is 8.20. The maximum Gasteiger partial charge on any atom is 0.408 e. The van der Waals surface area contributed by atoms with Gasteiger partial charge in [-0.25, -0.2) is 14.4 Å². The van der Waals surface area contributed by atoms with Crippen LogP contribution < -0.4 is 21.7 Å². The number of amides is 4. The lowest BCUT2D eigenvalue weighted by Crippen LogP contribution is -2.63. The Hall–Kier alpha value is -3.09. The Bertz CT molecular complexity index is 962. The number of likely N-dealkylation sites (tertiary alicyclic amines) is 1. The molecule has 0 unspecified atom stereocenters. The molecule has 2 rings (SSSR count). The summed E-state index contributed by atoms with van der Waals surface area (Å²) in [6.45, 7) is 11.2. The molecule has 0 aromatic carbocycles. The second-order valence-electron chi connectivity index (χ2n) is 13.3. The Labute approximate surface area is 249 Å². The number of nitrogens with zero attached hydrogens (tertiary/aromatic N) is 1. The molecule has 1 saturated heterocycles. The van der Waals surface area contributed by atoms with Crippen LogP contribution in [0.3, 0.4) is 0 Å². The quantitative estimate of drug-likeness (QED) is 0.149. The molecule has 5 N–H and O–H groups in total. The summed E-state index contributed by atoms with van der Waals surface area (Å²) in [6.07, 6.45) is 3.11. The predicted molar refractivity (Wildman–Crippen MR) is 155 cm³/mol. The molecule has 1 heterocycles. The normalized spacial score (nSPS) is 18.2. The van der Waals surface area contributed by atoms with Gasteiger partial charge in [-0.1, -0.05) is 12.8 Å². The van der Waals surface area contributed by atoms with Crippen LogP contribution in [0.4, 0.5) is 9.59 Å². The van der Waals surface area contributed by atoms with Crippen molar-refractivity contribution in [1.29, 1.82) is 0 Å². The number of hydrogen-bond donors (Lipinski definition) is 4. The molecular weight excluding hydrogens is 546 g/mol. The molecule has 13 nitrogen and oxygen atoms in total. The topological polar surface area (TPSA) is 178 Å². The van der Waals surface area contributed by atoms with E-state index in [1.165, 1.54) is 7.11 Å². The molecule has 0 aromatic heterocycles. The third-order valence-electron chi connectivity index (χ3n) is 7.07. The van der Waals surface area contributed by atoms with Crippen molar-refractivity contribution in [3.05, 3.63) is 0 Å². The van der Waals surface area contributed by atoms with E-state index in [-0.39, 0.29) is 37.7 Å². The lowest BCUT2D eigenvalue weighted by Gasteiger charge is -2.41. The Kier molecular flexibility index (Phi) is 12.4. The Balaban J connectivity index is 2.02. The van der Waals surface area contributed by atoms with Crippen LogP contribution in [0.1, 0.15) is 92.9 Å². The SMILES string of the molecule is COC(=O)C1(NC(=O)OC(C)(C)C)CCN(C(=O)[C@@H](CCCCNC(=O)OC(C)(C)C)NC(=O)[C@H](N)CC2CC2)CC1. The Morgan fingerprint density at radius 3 is 2.02 bits per heavy atom. The van der Waals surface area contributed by atoms with E-state index in [9.17, 15) is 24.0 Å². The molecule has 42 heavy (non-hydrogen) atoms. The van der Waals surface area contributed by atoms with Crippen molar-refractivity contribution in [2.24, 2.45) is 11.7 Å². The van der Waals surface area contributed by atoms with Gasteiger partial charge < -0.3 is 40.8 Å². The summed E-state index contributed by atoms with van der Waals surface area (Å²) >= 11 is 0. The molecule has 0 radical (unpaired) electrons. The molecule has 1 aliphatic carbocycles. The van der Waals surface area contributed by atoms with Crippen LogP contribution in [0.2, 0.25) is 0 Å². The molecule has 0 aromatic rings. The van der Waals surface area contributed by atoms with Crippen molar-refractivity contribution < 1.29 is 38.2 Å². The summed E-state index contributed by atoms with van der Waals surface area (Å²) in [7, 11) is 1.24. The summed E-state index contributed by atoms with van der Waals surface area (Å²) < 4.78 is 15.6. The molecule has 2 aliphatic rings. The van der Waals surface area contributed by atoms with Crippen LogP contribution in [0.5, 0.6) is 0 Å². The zero-order valence-corrected chi connectivity index (χ0v) is 26.3. The van der Waals surface area contributed by atoms with E-state index in [4.69, 9.17) is 19.9 Å². The van der Waals surface area contributed by atoms with E-state index in [0.717, 1.165) is 12.8 Å². The van der Waals surface area contributed by atoms with Gasteiger partial charge in [0.1, 0.15) is 22.8 Å². The average Bonchev–Trinajstić information content (AvgIpc) is 3.68. The number of nitrogens with one attached hydrogen (secondary N) is 3. The first-order valence-electron chi connectivity index (χ1n) is 14.9. The van der Waals surface area contributed by atoms with Crippen molar-refractivity contribution in [2.75, 3.05) is 26.7 Å². The monoisotopic (exact) mass is 597 g/mol. The van der Waals surface area contributed by atoms with Gasteiger partial charge in [0.05, 0.1) is 13.2 Å². The fraction of sp³-hybridized carbons (Fsp3) is 0.828. The highest BCUT2D eigenvalue weighted by molar-refractivity contribution is 5.90. The van der Waals surface area contributed by atoms with Crippen molar-refractivity contribution in [1.82, 2.24) is 20.9 Å². The van der Waals surface area contributed by atoms with Gasteiger partial charge in [-0.05, 0) is 86.0 Å². The molecule has 2 fully saturated rings. The number of methoxy groups -OCH3 is 1. The molecule has 0 spiro atoms. The minimum atomic E-state index is -1.34. The highest BCUT2D eigenvalue weighted by atomic mass is 16.6. The fourth-order valence-electron chi connectivity index (χ4n) is 4.74. The minimum Gasteiger partial charge on any atom is -0.467 e. The second-order valence-corrected chi connectivity index (χ2v) is 13.3. The van der Waals surface area contributed by atoms with Crippen LogP contribution in [0.15, 0.2) is 0 Å². The zero-order chi connectivity index (χ0) is 31.7. The van der Waals surface area contributed by atoms with Crippen molar-refractivity contribution in [3.63, 3.8) is 0 Å². The first kappa shape index (κ1) is 35.1. The van der Waals surface area contributed by atoms with Crippen molar-refractivity contribution in [2.45, 2.75) is 122 Å². The second kappa shape index (κ2) is 14.9. The van der Waals surface area contributed by atoms with E-state index in [1.807, 2.05) is 0 Å². The summed E-state index contributed by atoms with van der Waals surface area (Å²) in [5.74, 6) is -0.837. The summed E-state index contributed by atoms with van der Waals surface area (Å²) in [4.78, 5) is 65.2. The Morgan fingerprint density at radius 1 is 0.929 bits per heavy atom. The first-order chi connectivity index (χ1) is 19.4. The molecule has 1 saturated carbocycles. The van der Waals surface area contributed by atoms with Crippen LogP contribution in [0.25, 0.3) is 0 Å². The average molecular weight is 598 g/mol. The maximum absolute atomic E-state index is 13.6.